The molecule has 5 atom stereocenters. The Bertz CT molecular complexity index is 1310. The summed E-state index contributed by atoms with van der Waals surface area (Å²) in [5.74, 6) is -6.87. The Kier molecular flexibility index (Phi) is 11.7. The highest BCUT2D eigenvalue weighted by Gasteiger charge is 2.48. The zero-order valence-electron chi connectivity index (χ0n) is 23.5. The van der Waals surface area contributed by atoms with Crippen LogP contribution in [0.25, 0.3) is 5.57 Å². The lowest BCUT2D eigenvalue weighted by atomic mass is 9.68. The predicted octanol–water partition coefficient (Wildman–Crippen LogP) is 4.87. The third kappa shape index (κ3) is 8.88. The summed E-state index contributed by atoms with van der Waals surface area (Å²) in [5, 5.41) is 29.5. The Morgan fingerprint density at radius 2 is 1.50 bits per heavy atom. The molecule has 0 spiro atoms. The number of carboxylic acids is 3. The first kappa shape index (κ1) is 32.8. The summed E-state index contributed by atoms with van der Waals surface area (Å²) in [7, 11) is 1.60. The van der Waals surface area contributed by atoms with Crippen molar-refractivity contribution in [1.29, 1.82) is 0 Å². The third-order valence-electron chi connectivity index (χ3n) is 7.44. The van der Waals surface area contributed by atoms with Crippen LogP contribution in [-0.2, 0) is 39.8 Å². The SMILES string of the molecule is C=C(COC)c1ccc(Cc2cc([C@H]3O[C@@H](COC(C)=O)[C@H](CC(=O)O)[C@H](CC(=O)O)[C@@H]3CC(=O)O)ccc2Cl)cc1. The van der Waals surface area contributed by atoms with E-state index >= 15 is 0 Å². The number of halogens is 1. The lowest BCUT2D eigenvalue weighted by Crippen LogP contribution is -2.48. The molecule has 226 valence electrons. The van der Waals surface area contributed by atoms with Crippen LogP contribution in [0.1, 0.15) is 54.5 Å². The molecule has 3 rings (SSSR count). The second-order valence-electron chi connectivity index (χ2n) is 10.4. The van der Waals surface area contributed by atoms with Gasteiger partial charge in [0.15, 0.2) is 0 Å². The molecule has 0 aromatic heterocycles. The van der Waals surface area contributed by atoms with E-state index in [0.717, 1.165) is 22.3 Å². The van der Waals surface area contributed by atoms with Gasteiger partial charge in [0, 0.05) is 37.3 Å². The molecule has 0 radical (unpaired) electrons. The number of hydrogen-bond donors (Lipinski definition) is 3. The molecule has 1 heterocycles. The first-order chi connectivity index (χ1) is 19.9. The Morgan fingerprint density at radius 3 is 2.07 bits per heavy atom. The molecule has 0 saturated carbocycles. The molecule has 0 bridgehead atoms. The third-order valence-corrected chi connectivity index (χ3v) is 7.81. The topological polar surface area (TPSA) is 157 Å². The average molecular weight is 603 g/mol. The lowest BCUT2D eigenvalue weighted by molar-refractivity contribution is -0.189. The van der Waals surface area contributed by atoms with Crippen molar-refractivity contribution in [3.63, 3.8) is 0 Å². The number of aliphatic carboxylic acids is 3. The second-order valence-corrected chi connectivity index (χ2v) is 10.9. The molecule has 1 saturated heterocycles. The van der Waals surface area contributed by atoms with Crippen molar-refractivity contribution < 1.29 is 48.7 Å². The van der Waals surface area contributed by atoms with Gasteiger partial charge in [-0.05, 0) is 46.2 Å². The van der Waals surface area contributed by atoms with Gasteiger partial charge in [0.05, 0.1) is 31.7 Å². The van der Waals surface area contributed by atoms with Gasteiger partial charge in [-0.25, -0.2) is 0 Å². The number of carboxylic acid groups (broad SMARTS) is 3. The number of carbonyl (C=O) groups excluding carboxylic acids is 1. The average Bonchev–Trinajstić information content (AvgIpc) is 2.91. The van der Waals surface area contributed by atoms with Gasteiger partial charge in [-0.15, -0.1) is 0 Å². The quantitative estimate of drug-likeness (QED) is 0.255. The molecule has 1 aliphatic rings. The number of esters is 1. The van der Waals surface area contributed by atoms with Crippen molar-refractivity contribution in [2.24, 2.45) is 17.8 Å². The van der Waals surface area contributed by atoms with Crippen LogP contribution in [0, 0.1) is 17.8 Å². The zero-order chi connectivity index (χ0) is 31.0. The van der Waals surface area contributed by atoms with Crippen LogP contribution in [0.15, 0.2) is 49.0 Å². The van der Waals surface area contributed by atoms with E-state index in [1.807, 2.05) is 24.3 Å². The van der Waals surface area contributed by atoms with Crippen LogP contribution in [0.2, 0.25) is 5.02 Å². The van der Waals surface area contributed by atoms with Crippen molar-refractivity contribution in [2.75, 3.05) is 20.3 Å². The van der Waals surface area contributed by atoms with Gasteiger partial charge < -0.3 is 29.5 Å². The van der Waals surface area contributed by atoms with Crippen molar-refractivity contribution in [2.45, 2.75) is 44.8 Å². The maximum Gasteiger partial charge on any atom is 0.303 e. The number of carbonyl (C=O) groups is 4. The smallest absolute Gasteiger partial charge is 0.303 e. The maximum atomic E-state index is 12.0. The fourth-order valence-electron chi connectivity index (χ4n) is 5.59. The number of hydrogen-bond acceptors (Lipinski definition) is 7. The molecule has 42 heavy (non-hydrogen) atoms. The van der Waals surface area contributed by atoms with E-state index in [0.29, 0.717) is 23.6 Å². The zero-order valence-corrected chi connectivity index (χ0v) is 24.2. The normalized spacial score (nSPS) is 21.8. The highest BCUT2D eigenvalue weighted by Crippen LogP contribution is 2.48. The van der Waals surface area contributed by atoms with E-state index in [2.05, 4.69) is 6.58 Å². The van der Waals surface area contributed by atoms with Crippen LogP contribution in [-0.4, -0.2) is 65.6 Å². The lowest BCUT2D eigenvalue weighted by Gasteiger charge is -2.46. The van der Waals surface area contributed by atoms with Gasteiger partial charge in [-0.1, -0.05) is 54.6 Å². The van der Waals surface area contributed by atoms with Crippen molar-refractivity contribution in [3.8, 4) is 0 Å². The van der Waals surface area contributed by atoms with Crippen LogP contribution in [0.3, 0.4) is 0 Å². The van der Waals surface area contributed by atoms with E-state index in [-0.39, 0.29) is 6.61 Å². The molecule has 0 amide bonds. The summed E-state index contributed by atoms with van der Waals surface area (Å²) < 4.78 is 16.6. The monoisotopic (exact) mass is 602 g/mol. The highest BCUT2D eigenvalue weighted by molar-refractivity contribution is 6.31. The second kappa shape index (κ2) is 14.9. The molecule has 0 aliphatic carbocycles. The van der Waals surface area contributed by atoms with Crippen molar-refractivity contribution in [1.82, 2.24) is 0 Å². The molecule has 0 unspecified atom stereocenters. The molecule has 3 N–H and O–H groups in total. The number of rotatable bonds is 14. The Morgan fingerprint density at radius 1 is 0.905 bits per heavy atom. The van der Waals surface area contributed by atoms with E-state index in [9.17, 15) is 34.5 Å². The fraction of sp³-hybridized carbons (Fsp3) is 0.419. The van der Waals surface area contributed by atoms with Crippen LogP contribution >= 0.6 is 11.6 Å². The standard InChI is InChI=1S/C31H35ClO10/c1-17(15-40-3)20-6-4-19(5-7-20)10-22-11-21(8-9-26(22)32)31-25(14-30(38)39)23(12-28(34)35)24(13-29(36)37)27(42-31)16-41-18(2)33/h4-9,11,23-25,27,31H,1,10,12-16H2,2-3H3,(H,34,35)(H,36,37)(H,38,39)/t23-,24+,25-,27-,31+/m0/s1. The number of methoxy groups -OCH3 is 1. The Labute approximate surface area is 248 Å². The van der Waals surface area contributed by atoms with E-state index in [1.54, 1.807) is 25.3 Å². The summed E-state index contributed by atoms with van der Waals surface area (Å²) in [5.41, 5.74) is 4.01. The van der Waals surface area contributed by atoms with Gasteiger partial charge in [0.2, 0.25) is 0 Å². The molecular weight excluding hydrogens is 568 g/mol. The molecule has 2 aromatic rings. The molecule has 1 fully saturated rings. The predicted molar refractivity (Wildman–Crippen MR) is 153 cm³/mol. The van der Waals surface area contributed by atoms with Crippen LogP contribution in [0.4, 0.5) is 0 Å². The summed E-state index contributed by atoms with van der Waals surface area (Å²) in [4.78, 5) is 47.2. The summed E-state index contributed by atoms with van der Waals surface area (Å²) in [6.07, 6.45) is -2.87. The first-order valence-corrected chi connectivity index (χ1v) is 13.8. The minimum absolute atomic E-state index is 0.305. The number of benzene rings is 2. The van der Waals surface area contributed by atoms with Crippen molar-refractivity contribution in [3.05, 3.63) is 76.3 Å². The maximum absolute atomic E-state index is 12.0. The van der Waals surface area contributed by atoms with Crippen molar-refractivity contribution >= 4 is 41.1 Å². The van der Waals surface area contributed by atoms with E-state index < -0.39 is 73.1 Å². The van der Waals surface area contributed by atoms with Gasteiger partial charge in [-0.2, -0.15) is 0 Å². The largest absolute Gasteiger partial charge is 0.481 e. The van der Waals surface area contributed by atoms with Gasteiger partial charge in [0.1, 0.15) is 6.61 Å². The molecule has 2 aromatic carbocycles. The van der Waals surface area contributed by atoms with Crippen LogP contribution < -0.4 is 0 Å². The fourth-order valence-corrected chi connectivity index (χ4v) is 5.77. The van der Waals surface area contributed by atoms with Gasteiger partial charge in [-0.3, -0.25) is 19.2 Å². The molecular formula is C31H35ClO10. The van der Waals surface area contributed by atoms with E-state index in [4.69, 9.17) is 25.8 Å². The summed E-state index contributed by atoms with van der Waals surface area (Å²) in [6.45, 7) is 5.30. The number of ether oxygens (including phenoxy) is 3. The minimum atomic E-state index is -1.20. The highest BCUT2D eigenvalue weighted by atomic mass is 35.5. The van der Waals surface area contributed by atoms with Gasteiger partial charge in [0.25, 0.3) is 0 Å². The van der Waals surface area contributed by atoms with E-state index in [1.165, 1.54) is 6.92 Å². The summed E-state index contributed by atoms with van der Waals surface area (Å²) in [6, 6.07) is 12.9. The molecule has 10 nitrogen and oxygen atoms in total. The Balaban J connectivity index is 2.01. The summed E-state index contributed by atoms with van der Waals surface area (Å²) >= 11 is 6.55. The first-order valence-electron chi connectivity index (χ1n) is 13.4. The molecule has 11 heteroatoms. The molecule has 1 aliphatic heterocycles. The minimum Gasteiger partial charge on any atom is -0.481 e. The van der Waals surface area contributed by atoms with Crippen LogP contribution in [0.5, 0.6) is 0 Å². The van der Waals surface area contributed by atoms with Gasteiger partial charge >= 0.3 is 23.9 Å². The Hall–Kier alpha value is -3.73.